The maximum atomic E-state index is 11.7. The van der Waals surface area contributed by atoms with Crippen LogP contribution in [-0.4, -0.2) is 19.3 Å². The molecule has 0 aromatic carbocycles. The number of rotatable bonds is 11. The molecule has 0 atom stereocenters. The fourth-order valence-corrected chi connectivity index (χ4v) is 1.50. The summed E-state index contributed by atoms with van der Waals surface area (Å²) in [5.74, 6) is -0.746. The van der Waals surface area contributed by atoms with E-state index in [9.17, 15) is 9.18 Å². The predicted octanol–water partition coefficient (Wildman–Crippen LogP) is 4.20. The van der Waals surface area contributed by atoms with Crippen molar-refractivity contribution in [1.82, 2.24) is 0 Å². The average molecular weight is 244 g/mol. The molecule has 0 fully saturated rings. The Hall–Kier alpha value is -0.860. The van der Waals surface area contributed by atoms with Gasteiger partial charge in [-0.2, -0.15) is 0 Å². The van der Waals surface area contributed by atoms with Gasteiger partial charge in [-0.3, -0.25) is 0 Å². The first-order chi connectivity index (χ1) is 8.31. The maximum absolute atomic E-state index is 11.7. The number of carbonyl (C=O) groups is 1. The van der Waals surface area contributed by atoms with Crippen LogP contribution in [0.3, 0.4) is 0 Å². The second-order valence-electron chi connectivity index (χ2n) is 4.17. The average Bonchev–Trinajstić information content (AvgIpc) is 2.35. The van der Waals surface area contributed by atoms with Crippen molar-refractivity contribution < 1.29 is 13.9 Å². The van der Waals surface area contributed by atoms with Crippen LogP contribution in [0.2, 0.25) is 0 Å². The van der Waals surface area contributed by atoms with E-state index in [1.54, 1.807) is 0 Å². The van der Waals surface area contributed by atoms with E-state index in [0.29, 0.717) is 6.61 Å². The molecule has 17 heavy (non-hydrogen) atoms. The van der Waals surface area contributed by atoms with Gasteiger partial charge in [0.2, 0.25) is 0 Å². The monoisotopic (exact) mass is 244 g/mol. The zero-order chi connectivity index (χ0) is 12.8. The molecule has 0 amide bonds. The molecule has 0 saturated carbocycles. The number of halogens is 1. The third-order valence-electron chi connectivity index (χ3n) is 2.53. The molecule has 0 saturated heterocycles. The van der Waals surface area contributed by atoms with Crippen LogP contribution in [0, 0.1) is 0 Å². The predicted molar refractivity (Wildman–Crippen MR) is 68.7 cm³/mol. The Morgan fingerprint density at radius 1 is 1.06 bits per heavy atom. The van der Waals surface area contributed by atoms with Gasteiger partial charge in [-0.15, -0.1) is 0 Å². The molecule has 0 bridgehead atoms. The van der Waals surface area contributed by atoms with Crippen LogP contribution in [0.4, 0.5) is 4.39 Å². The van der Waals surface area contributed by atoms with E-state index in [1.807, 2.05) is 0 Å². The minimum Gasteiger partial charge on any atom is -0.464 e. The molecule has 2 nitrogen and oxygen atoms in total. The molecule has 0 aliphatic carbocycles. The van der Waals surface area contributed by atoms with Gasteiger partial charge in [-0.05, 0) is 25.7 Å². The second-order valence-corrected chi connectivity index (χ2v) is 4.17. The Kier molecular flexibility index (Phi) is 12.5. The third-order valence-corrected chi connectivity index (χ3v) is 2.53. The Bertz CT molecular complexity index is 202. The van der Waals surface area contributed by atoms with Crippen LogP contribution in [-0.2, 0) is 9.53 Å². The summed E-state index contributed by atoms with van der Waals surface area (Å²) in [5, 5.41) is 0. The van der Waals surface area contributed by atoms with Crippen LogP contribution in [0.5, 0.6) is 0 Å². The van der Waals surface area contributed by atoms with Gasteiger partial charge in [0, 0.05) is 0 Å². The van der Waals surface area contributed by atoms with Crippen molar-refractivity contribution in [2.45, 2.75) is 58.3 Å². The van der Waals surface area contributed by atoms with Crippen molar-refractivity contribution in [3.63, 3.8) is 0 Å². The van der Waals surface area contributed by atoms with Gasteiger partial charge in [0.1, 0.15) is 0 Å². The van der Waals surface area contributed by atoms with E-state index in [4.69, 9.17) is 0 Å². The molecular formula is C14H25FO2. The Morgan fingerprint density at radius 2 is 1.71 bits per heavy atom. The SMILES string of the molecule is CCCC/C=C\CCCCCCOC(=O)CF. The van der Waals surface area contributed by atoms with Gasteiger partial charge in [-0.25, -0.2) is 9.18 Å². The summed E-state index contributed by atoms with van der Waals surface area (Å²) in [4.78, 5) is 10.5. The largest absolute Gasteiger partial charge is 0.464 e. The van der Waals surface area contributed by atoms with Crippen molar-refractivity contribution in [1.29, 1.82) is 0 Å². The molecule has 0 heterocycles. The van der Waals surface area contributed by atoms with Crippen molar-refractivity contribution in [3.05, 3.63) is 12.2 Å². The standard InChI is InChI=1S/C14H25FO2/c1-2-3-4-5-6-7-8-9-10-11-12-17-14(16)13-15/h5-6H,2-4,7-13H2,1H3/b6-5-. The number of alkyl halides is 1. The molecule has 0 radical (unpaired) electrons. The zero-order valence-electron chi connectivity index (χ0n) is 10.9. The van der Waals surface area contributed by atoms with Crippen molar-refractivity contribution in [2.24, 2.45) is 0 Å². The first kappa shape index (κ1) is 16.1. The molecule has 0 aliphatic rings. The summed E-state index contributed by atoms with van der Waals surface area (Å²) in [6.45, 7) is 1.54. The number of hydrogen-bond acceptors (Lipinski definition) is 2. The lowest BCUT2D eigenvalue weighted by molar-refractivity contribution is -0.144. The molecule has 0 aromatic rings. The summed E-state index contributed by atoms with van der Waals surface area (Å²) in [6, 6.07) is 0. The molecular weight excluding hydrogens is 219 g/mol. The van der Waals surface area contributed by atoms with Crippen LogP contribution >= 0.6 is 0 Å². The summed E-state index contributed by atoms with van der Waals surface area (Å²) in [6.07, 6.45) is 13.6. The molecule has 0 aliphatic heterocycles. The number of ether oxygens (including phenoxy) is 1. The van der Waals surface area contributed by atoms with E-state index in [1.165, 1.54) is 25.7 Å². The number of carbonyl (C=O) groups excluding carboxylic acids is 1. The Balaban J connectivity index is 3.08. The summed E-state index contributed by atoms with van der Waals surface area (Å²) < 4.78 is 16.3. The van der Waals surface area contributed by atoms with Gasteiger partial charge in [0.05, 0.1) is 6.61 Å². The fraction of sp³-hybridized carbons (Fsp3) is 0.786. The maximum Gasteiger partial charge on any atom is 0.337 e. The second kappa shape index (κ2) is 13.2. The van der Waals surface area contributed by atoms with E-state index in [-0.39, 0.29) is 0 Å². The number of esters is 1. The molecule has 0 unspecified atom stereocenters. The van der Waals surface area contributed by atoms with Crippen LogP contribution in [0.1, 0.15) is 58.3 Å². The number of unbranched alkanes of at least 4 members (excludes halogenated alkanes) is 6. The molecule has 3 heteroatoms. The van der Waals surface area contributed by atoms with Crippen molar-refractivity contribution in [3.8, 4) is 0 Å². The summed E-state index contributed by atoms with van der Waals surface area (Å²) >= 11 is 0. The van der Waals surface area contributed by atoms with Gasteiger partial charge >= 0.3 is 5.97 Å². The zero-order valence-corrected chi connectivity index (χ0v) is 10.9. The highest BCUT2D eigenvalue weighted by Gasteiger charge is 1.99. The normalized spacial score (nSPS) is 10.9. The lowest BCUT2D eigenvalue weighted by Crippen LogP contribution is -2.07. The lowest BCUT2D eigenvalue weighted by atomic mass is 10.1. The third kappa shape index (κ3) is 13.1. The Labute approximate surface area is 104 Å². The highest BCUT2D eigenvalue weighted by atomic mass is 19.1. The summed E-state index contributed by atoms with van der Waals surface area (Å²) in [5.41, 5.74) is 0. The van der Waals surface area contributed by atoms with Crippen LogP contribution in [0.15, 0.2) is 12.2 Å². The van der Waals surface area contributed by atoms with Gasteiger partial charge < -0.3 is 4.74 Å². The minimum atomic E-state index is -1.01. The van der Waals surface area contributed by atoms with E-state index in [2.05, 4.69) is 23.8 Å². The van der Waals surface area contributed by atoms with E-state index >= 15 is 0 Å². The van der Waals surface area contributed by atoms with Gasteiger partial charge in [0.25, 0.3) is 0 Å². The topological polar surface area (TPSA) is 26.3 Å². The molecule has 0 rings (SSSR count). The lowest BCUT2D eigenvalue weighted by Gasteiger charge is -2.01. The number of hydrogen-bond donors (Lipinski definition) is 0. The molecule has 0 N–H and O–H groups in total. The van der Waals surface area contributed by atoms with Crippen LogP contribution in [0.25, 0.3) is 0 Å². The first-order valence-electron chi connectivity index (χ1n) is 6.67. The summed E-state index contributed by atoms with van der Waals surface area (Å²) in [7, 11) is 0. The van der Waals surface area contributed by atoms with E-state index in [0.717, 1.165) is 25.7 Å². The molecule has 0 spiro atoms. The Morgan fingerprint density at radius 3 is 2.35 bits per heavy atom. The molecule has 0 aromatic heterocycles. The minimum absolute atomic E-state index is 0.356. The van der Waals surface area contributed by atoms with E-state index < -0.39 is 12.6 Å². The van der Waals surface area contributed by atoms with Crippen LogP contribution < -0.4 is 0 Å². The van der Waals surface area contributed by atoms with Crippen molar-refractivity contribution >= 4 is 5.97 Å². The highest BCUT2D eigenvalue weighted by Crippen LogP contribution is 2.05. The van der Waals surface area contributed by atoms with Gasteiger partial charge in [-0.1, -0.05) is 44.8 Å². The molecule has 100 valence electrons. The smallest absolute Gasteiger partial charge is 0.337 e. The number of allylic oxidation sites excluding steroid dienone is 2. The van der Waals surface area contributed by atoms with Crippen molar-refractivity contribution in [2.75, 3.05) is 13.3 Å². The van der Waals surface area contributed by atoms with Gasteiger partial charge in [0.15, 0.2) is 6.67 Å². The quantitative estimate of drug-likeness (QED) is 0.309. The highest BCUT2D eigenvalue weighted by molar-refractivity contribution is 5.70. The first-order valence-corrected chi connectivity index (χ1v) is 6.67. The fourth-order valence-electron chi connectivity index (χ4n) is 1.50.